The van der Waals surface area contributed by atoms with Crippen LogP contribution < -0.4 is 0 Å². The molecule has 1 heterocycles. The number of unbranched alkanes of at least 4 members (excludes halogenated alkanes) is 2. The Morgan fingerprint density at radius 2 is 2.00 bits per heavy atom. The van der Waals surface area contributed by atoms with Crippen LogP contribution in [0.15, 0.2) is 0 Å². The van der Waals surface area contributed by atoms with E-state index in [0.29, 0.717) is 0 Å². The zero-order valence-electron chi connectivity index (χ0n) is 10.1. The van der Waals surface area contributed by atoms with Crippen LogP contribution in [0.5, 0.6) is 0 Å². The summed E-state index contributed by atoms with van der Waals surface area (Å²) in [6.07, 6.45) is 4.69. The van der Waals surface area contributed by atoms with E-state index in [1.807, 2.05) is 0 Å². The quantitative estimate of drug-likeness (QED) is 0.631. The molecule has 0 saturated carbocycles. The van der Waals surface area contributed by atoms with Gasteiger partial charge >= 0.3 is 0 Å². The Bertz CT molecular complexity index is 357. The lowest BCUT2D eigenvalue weighted by molar-refractivity contribution is 0.375. The molecule has 0 amide bonds. The standard InChI is InChI=1S/C11H21N3S/c1-5-6-7-8-9-12-13-10(15)14(9)11(2,3)4/h5-8H2,1-4H3,(H,13,15). The first-order valence-corrected chi connectivity index (χ1v) is 6.04. The molecule has 0 aliphatic rings. The number of aryl methyl sites for hydroxylation is 1. The maximum absolute atomic E-state index is 5.24. The molecule has 0 bridgehead atoms. The van der Waals surface area contributed by atoms with Gasteiger partial charge in [-0.05, 0) is 39.4 Å². The zero-order chi connectivity index (χ0) is 11.5. The van der Waals surface area contributed by atoms with Gasteiger partial charge < -0.3 is 0 Å². The van der Waals surface area contributed by atoms with Crippen molar-refractivity contribution in [2.75, 3.05) is 0 Å². The van der Waals surface area contributed by atoms with Crippen LogP contribution >= 0.6 is 12.2 Å². The molecule has 1 aromatic heterocycles. The predicted octanol–water partition coefficient (Wildman–Crippen LogP) is 3.43. The number of aromatic amines is 1. The fourth-order valence-corrected chi connectivity index (χ4v) is 2.15. The number of nitrogens with one attached hydrogen (secondary N) is 1. The van der Waals surface area contributed by atoms with Crippen LogP contribution in [0.4, 0.5) is 0 Å². The topological polar surface area (TPSA) is 33.6 Å². The minimum atomic E-state index is 0.0195. The molecule has 1 rings (SSSR count). The normalized spacial score (nSPS) is 12.0. The molecule has 0 fully saturated rings. The lowest BCUT2D eigenvalue weighted by Crippen LogP contribution is -2.24. The van der Waals surface area contributed by atoms with Crippen molar-refractivity contribution in [1.29, 1.82) is 0 Å². The Balaban J connectivity index is 2.85. The highest BCUT2D eigenvalue weighted by atomic mass is 32.1. The van der Waals surface area contributed by atoms with Crippen molar-refractivity contribution < 1.29 is 0 Å². The summed E-state index contributed by atoms with van der Waals surface area (Å²) in [4.78, 5) is 0. The van der Waals surface area contributed by atoms with E-state index in [4.69, 9.17) is 12.2 Å². The van der Waals surface area contributed by atoms with E-state index < -0.39 is 0 Å². The third-order valence-corrected chi connectivity index (χ3v) is 2.69. The molecule has 0 aliphatic heterocycles. The van der Waals surface area contributed by atoms with Crippen molar-refractivity contribution in [3.63, 3.8) is 0 Å². The molecular weight excluding hydrogens is 206 g/mol. The van der Waals surface area contributed by atoms with Gasteiger partial charge in [0.1, 0.15) is 5.82 Å². The molecule has 0 atom stereocenters. The van der Waals surface area contributed by atoms with Crippen LogP contribution in [0.3, 0.4) is 0 Å². The highest BCUT2D eigenvalue weighted by molar-refractivity contribution is 7.71. The fraction of sp³-hybridized carbons (Fsp3) is 0.818. The van der Waals surface area contributed by atoms with Gasteiger partial charge in [0.25, 0.3) is 0 Å². The van der Waals surface area contributed by atoms with E-state index in [2.05, 4.69) is 42.5 Å². The molecule has 0 saturated heterocycles. The number of hydrogen-bond donors (Lipinski definition) is 1. The van der Waals surface area contributed by atoms with Gasteiger partial charge in [0.2, 0.25) is 0 Å². The van der Waals surface area contributed by atoms with Crippen LogP contribution in [-0.2, 0) is 12.0 Å². The largest absolute Gasteiger partial charge is 0.299 e. The van der Waals surface area contributed by atoms with Gasteiger partial charge in [-0.2, -0.15) is 5.10 Å². The number of aromatic nitrogens is 3. The van der Waals surface area contributed by atoms with Crippen molar-refractivity contribution in [1.82, 2.24) is 14.8 Å². The molecule has 3 nitrogen and oxygen atoms in total. The van der Waals surface area contributed by atoms with E-state index >= 15 is 0 Å². The zero-order valence-corrected chi connectivity index (χ0v) is 10.9. The molecule has 4 heteroatoms. The lowest BCUT2D eigenvalue weighted by Gasteiger charge is -2.22. The lowest BCUT2D eigenvalue weighted by atomic mass is 10.1. The van der Waals surface area contributed by atoms with Gasteiger partial charge in [-0.3, -0.25) is 9.67 Å². The average molecular weight is 227 g/mol. The van der Waals surface area contributed by atoms with Gasteiger partial charge in [0.15, 0.2) is 4.77 Å². The van der Waals surface area contributed by atoms with Crippen LogP contribution in [0.2, 0.25) is 0 Å². The van der Waals surface area contributed by atoms with Crippen molar-refractivity contribution in [3.05, 3.63) is 10.6 Å². The summed E-state index contributed by atoms with van der Waals surface area (Å²) in [6.45, 7) is 8.67. The highest BCUT2D eigenvalue weighted by Gasteiger charge is 2.18. The molecular formula is C11H21N3S. The molecule has 86 valence electrons. The summed E-state index contributed by atoms with van der Waals surface area (Å²) < 4.78 is 2.85. The van der Waals surface area contributed by atoms with Crippen molar-refractivity contribution in [3.8, 4) is 0 Å². The van der Waals surface area contributed by atoms with Gasteiger partial charge in [0, 0.05) is 12.0 Å². The first kappa shape index (κ1) is 12.4. The first-order chi connectivity index (χ1) is 6.96. The van der Waals surface area contributed by atoms with E-state index in [0.717, 1.165) is 17.0 Å². The van der Waals surface area contributed by atoms with Crippen LogP contribution in [-0.4, -0.2) is 14.8 Å². The number of nitrogens with zero attached hydrogens (tertiary/aromatic N) is 2. The Morgan fingerprint density at radius 1 is 1.33 bits per heavy atom. The monoisotopic (exact) mass is 227 g/mol. The maximum atomic E-state index is 5.24. The van der Waals surface area contributed by atoms with Crippen molar-refractivity contribution in [2.24, 2.45) is 0 Å². The first-order valence-electron chi connectivity index (χ1n) is 5.63. The Hall–Kier alpha value is -0.640. The van der Waals surface area contributed by atoms with E-state index in [1.165, 1.54) is 19.3 Å². The third-order valence-electron chi connectivity index (χ3n) is 2.42. The molecule has 0 aromatic carbocycles. The van der Waals surface area contributed by atoms with Crippen LogP contribution in [0.25, 0.3) is 0 Å². The smallest absolute Gasteiger partial charge is 0.195 e. The van der Waals surface area contributed by atoms with Crippen LogP contribution in [0.1, 0.15) is 52.8 Å². The van der Waals surface area contributed by atoms with Gasteiger partial charge in [-0.25, -0.2) is 0 Å². The second-order valence-electron chi connectivity index (χ2n) is 4.91. The SMILES string of the molecule is CCCCCc1n[nH]c(=S)n1C(C)(C)C. The number of rotatable bonds is 4. The van der Waals surface area contributed by atoms with E-state index in [-0.39, 0.29) is 5.54 Å². The van der Waals surface area contributed by atoms with Gasteiger partial charge in [-0.15, -0.1) is 0 Å². The van der Waals surface area contributed by atoms with E-state index in [9.17, 15) is 0 Å². The van der Waals surface area contributed by atoms with Crippen LogP contribution in [0, 0.1) is 4.77 Å². The van der Waals surface area contributed by atoms with E-state index in [1.54, 1.807) is 0 Å². The predicted molar refractivity (Wildman–Crippen MR) is 65.6 cm³/mol. The summed E-state index contributed by atoms with van der Waals surface area (Å²) >= 11 is 5.24. The molecule has 0 spiro atoms. The summed E-state index contributed by atoms with van der Waals surface area (Å²) in [7, 11) is 0. The molecule has 0 aliphatic carbocycles. The minimum Gasteiger partial charge on any atom is -0.299 e. The maximum Gasteiger partial charge on any atom is 0.195 e. The van der Waals surface area contributed by atoms with Gasteiger partial charge in [0.05, 0.1) is 0 Å². The third kappa shape index (κ3) is 3.16. The molecule has 15 heavy (non-hydrogen) atoms. The average Bonchev–Trinajstić information content (AvgIpc) is 2.47. The minimum absolute atomic E-state index is 0.0195. The van der Waals surface area contributed by atoms with Gasteiger partial charge in [-0.1, -0.05) is 19.8 Å². The molecule has 1 N–H and O–H groups in total. The summed E-state index contributed by atoms with van der Waals surface area (Å²) in [5, 5.41) is 7.19. The second-order valence-corrected chi connectivity index (χ2v) is 5.30. The summed E-state index contributed by atoms with van der Waals surface area (Å²) in [5.74, 6) is 1.08. The number of hydrogen-bond acceptors (Lipinski definition) is 2. The van der Waals surface area contributed by atoms with Crippen molar-refractivity contribution in [2.45, 2.75) is 58.9 Å². The fourth-order valence-electron chi connectivity index (χ4n) is 1.72. The molecule has 1 aromatic rings. The summed E-state index contributed by atoms with van der Waals surface area (Å²) in [6, 6.07) is 0. The molecule has 0 unspecified atom stereocenters. The Kier molecular flexibility index (Phi) is 4.08. The summed E-state index contributed by atoms with van der Waals surface area (Å²) in [5.41, 5.74) is 0.0195. The Morgan fingerprint density at radius 3 is 2.53 bits per heavy atom. The highest BCUT2D eigenvalue weighted by Crippen LogP contribution is 2.17. The van der Waals surface area contributed by atoms with Crippen molar-refractivity contribution >= 4 is 12.2 Å². The number of H-pyrrole nitrogens is 1. The molecule has 0 radical (unpaired) electrons. The Labute approximate surface area is 96.9 Å². The second kappa shape index (κ2) is 4.92.